The number of hydrogen-bond acceptors (Lipinski definition) is 4. The first-order chi connectivity index (χ1) is 7.63. The third-order valence-electron chi connectivity index (χ3n) is 2.11. The van der Waals surface area contributed by atoms with E-state index in [1.54, 1.807) is 7.05 Å². The Bertz CT molecular complexity index is 393. The number of benzene rings is 1. The van der Waals surface area contributed by atoms with Gasteiger partial charge >= 0.3 is 0 Å². The summed E-state index contributed by atoms with van der Waals surface area (Å²) in [5.74, 6) is -0.458. The number of carbonyl (C=O) groups is 1. The molecule has 5 heteroatoms. The van der Waals surface area contributed by atoms with Crippen LogP contribution >= 0.6 is 0 Å². The van der Waals surface area contributed by atoms with Crippen molar-refractivity contribution in [1.29, 1.82) is 0 Å². The summed E-state index contributed by atoms with van der Waals surface area (Å²) in [4.78, 5) is 11.6. The van der Waals surface area contributed by atoms with Gasteiger partial charge in [-0.15, -0.1) is 0 Å². The number of Topliss-reactive ketones (excluding diaryl/α,β-unsaturated/α-hetero) is 1. The molecule has 4 nitrogen and oxygen atoms in total. The molecule has 0 heterocycles. The fourth-order valence-corrected chi connectivity index (χ4v) is 1.33. The molecule has 1 rings (SSSR count). The van der Waals surface area contributed by atoms with Gasteiger partial charge in [0.15, 0.2) is 17.3 Å². The van der Waals surface area contributed by atoms with E-state index in [-0.39, 0.29) is 23.6 Å². The van der Waals surface area contributed by atoms with E-state index in [9.17, 15) is 9.18 Å². The van der Waals surface area contributed by atoms with Crippen molar-refractivity contribution >= 4 is 5.78 Å². The van der Waals surface area contributed by atoms with Crippen molar-refractivity contribution in [2.24, 2.45) is 0 Å². The van der Waals surface area contributed by atoms with Gasteiger partial charge in [0.05, 0.1) is 26.3 Å². The second-order valence-electron chi connectivity index (χ2n) is 3.14. The van der Waals surface area contributed by atoms with Crippen LogP contribution in [0.5, 0.6) is 11.5 Å². The van der Waals surface area contributed by atoms with Gasteiger partial charge in [0.2, 0.25) is 0 Å². The fourth-order valence-electron chi connectivity index (χ4n) is 1.33. The number of ketones is 1. The molecule has 0 saturated heterocycles. The number of nitrogens with one attached hydrogen (secondary N) is 1. The largest absolute Gasteiger partial charge is 0.496 e. The molecule has 0 aliphatic carbocycles. The van der Waals surface area contributed by atoms with Gasteiger partial charge in [0.1, 0.15) is 5.75 Å². The second kappa shape index (κ2) is 5.46. The lowest BCUT2D eigenvalue weighted by Crippen LogP contribution is -2.19. The minimum Gasteiger partial charge on any atom is -0.496 e. The summed E-state index contributed by atoms with van der Waals surface area (Å²) in [5.41, 5.74) is 0.204. The van der Waals surface area contributed by atoms with Crippen molar-refractivity contribution in [3.8, 4) is 11.5 Å². The highest BCUT2D eigenvalue weighted by molar-refractivity contribution is 6.00. The predicted octanol–water partition coefficient (Wildman–Crippen LogP) is 1.25. The van der Waals surface area contributed by atoms with E-state index in [0.29, 0.717) is 5.75 Å². The van der Waals surface area contributed by atoms with Crippen LogP contribution in [0.3, 0.4) is 0 Å². The SMILES string of the molecule is CNCC(=O)c1cc(F)c(OC)cc1OC. The first-order valence-corrected chi connectivity index (χ1v) is 4.73. The minimum atomic E-state index is -0.581. The molecule has 0 atom stereocenters. The molecule has 0 spiro atoms. The van der Waals surface area contributed by atoms with Crippen LogP contribution in [0.4, 0.5) is 4.39 Å². The molecule has 0 radical (unpaired) electrons. The van der Waals surface area contributed by atoms with Crippen molar-refractivity contribution in [2.45, 2.75) is 0 Å². The highest BCUT2D eigenvalue weighted by atomic mass is 19.1. The summed E-state index contributed by atoms with van der Waals surface area (Å²) in [6, 6.07) is 2.48. The van der Waals surface area contributed by atoms with Crippen LogP contribution in [-0.4, -0.2) is 33.6 Å². The molecular formula is C11H14FNO3. The Labute approximate surface area is 93.4 Å². The third kappa shape index (κ3) is 2.49. The van der Waals surface area contributed by atoms with Crippen LogP contribution in [-0.2, 0) is 0 Å². The van der Waals surface area contributed by atoms with Crippen LogP contribution in [0.25, 0.3) is 0 Å². The topological polar surface area (TPSA) is 47.6 Å². The lowest BCUT2D eigenvalue weighted by Gasteiger charge is -2.10. The number of ether oxygens (including phenoxy) is 2. The molecule has 0 fully saturated rings. The Morgan fingerprint density at radius 3 is 2.44 bits per heavy atom. The normalized spacial score (nSPS) is 10.0. The zero-order valence-electron chi connectivity index (χ0n) is 9.46. The standard InChI is InChI=1S/C11H14FNO3/c1-13-6-9(14)7-4-8(12)11(16-3)5-10(7)15-2/h4-5,13H,6H2,1-3H3. The molecule has 1 N–H and O–H groups in total. The first-order valence-electron chi connectivity index (χ1n) is 4.73. The molecule has 1 aromatic carbocycles. The summed E-state index contributed by atoms with van der Waals surface area (Å²) in [6.07, 6.45) is 0. The van der Waals surface area contributed by atoms with Crippen molar-refractivity contribution < 1.29 is 18.7 Å². The molecule has 0 bridgehead atoms. The summed E-state index contributed by atoms with van der Waals surface area (Å²) in [5, 5.41) is 2.71. The van der Waals surface area contributed by atoms with Gasteiger partial charge in [-0.1, -0.05) is 0 Å². The number of rotatable bonds is 5. The molecule has 1 aromatic rings. The van der Waals surface area contributed by atoms with Crippen LogP contribution in [0.1, 0.15) is 10.4 Å². The third-order valence-corrected chi connectivity index (χ3v) is 2.11. The average molecular weight is 227 g/mol. The second-order valence-corrected chi connectivity index (χ2v) is 3.14. The molecule has 0 aliphatic heterocycles. The number of halogens is 1. The molecule has 16 heavy (non-hydrogen) atoms. The monoisotopic (exact) mass is 227 g/mol. The maximum absolute atomic E-state index is 13.4. The molecule has 88 valence electrons. The molecule has 0 amide bonds. The zero-order chi connectivity index (χ0) is 12.1. The van der Waals surface area contributed by atoms with Gasteiger partial charge in [0.25, 0.3) is 0 Å². The van der Waals surface area contributed by atoms with E-state index in [2.05, 4.69) is 5.32 Å². The van der Waals surface area contributed by atoms with E-state index in [1.165, 1.54) is 20.3 Å². The van der Waals surface area contributed by atoms with Crippen molar-refractivity contribution in [3.63, 3.8) is 0 Å². The predicted molar refractivity (Wildman–Crippen MR) is 57.8 cm³/mol. The van der Waals surface area contributed by atoms with Gasteiger partial charge in [0, 0.05) is 6.07 Å². The number of methoxy groups -OCH3 is 2. The Kier molecular flexibility index (Phi) is 4.25. The summed E-state index contributed by atoms with van der Waals surface area (Å²) < 4.78 is 23.2. The Morgan fingerprint density at radius 1 is 1.31 bits per heavy atom. The van der Waals surface area contributed by atoms with Crippen molar-refractivity contribution in [3.05, 3.63) is 23.5 Å². The Balaban J connectivity index is 3.17. The van der Waals surface area contributed by atoms with Gasteiger partial charge in [-0.05, 0) is 13.1 Å². The first kappa shape index (κ1) is 12.4. The molecule has 0 saturated carbocycles. The maximum atomic E-state index is 13.4. The lowest BCUT2D eigenvalue weighted by atomic mass is 10.1. The van der Waals surface area contributed by atoms with E-state index in [0.717, 1.165) is 6.07 Å². The fraction of sp³-hybridized carbons (Fsp3) is 0.364. The van der Waals surface area contributed by atoms with E-state index in [1.807, 2.05) is 0 Å². The van der Waals surface area contributed by atoms with Gasteiger partial charge < -0.3 is 14.8 Å². The summed E-state index contributed by atoms with van der Waals surface area (Å²) in [7, 11) is 4.42. The number of carbonyl (C=O) groups excluding carboxylic acids is 1. The van der Waals surface area contributed by atoms with Crippen molar-refractivity contribution in [2.75, 3.05) is 27.8 Å². The van der Waals surface area contributed by atoms with Crippen LogP contribution in [0, 0.1) is 5.82 Å². The van der Waals surface area contributed by atoms with Crippen molar-refractivity contribution in [1.82, 2.24) is 5.32 Å². The number of hydrogen-bond donors (Lipinski definition) is 1. The Morgan fingerprint density at radius 2 is 1.94 bits per heavy atom. The summed E-state index contributed by atoms with van der Waals surface area (Å²) in [6.45, 7) is 0.127. The maximum Gasteiger partial charge on any atom is 0.180 e. The van der Waals surface area contributed by atoms with Crippen LogP contribution in [0.2, 0.25) is 0 Å². The Hall–Kier alpha value is -1.62. The lowest BCUT2D eigenvalue weighted by molar-refractivity contribution is 0.0990. The molecule has 0 aromatic heterocycles. The highest BCUT2D eigenvalue weighted by Gasteiger charge is 2.16. The van der Waals surface area contributed by atoms with Gasteiger partial charge in [-0.3, -0.25) is 4.79 Å². The smallest absolute Gasteiger partial charge is 0.180 e. The minimum absolute atomic E-state index is 0.0536. The molecule has 0 unspecified atom stereocenters. The highest BCUT2D eigenvalue weighted by Crippen LogP contribution is 2.28. The van der Waals surface area contributed by atoms with Crippen LogP contribution in [0.15, 0.2) is 12.1 Å². The van der Waals surface area contributed by atoms with Crippen LogP contribution < -0.4 is 14.8 Å². The van der Waals surface area contributed by atoms with E-state index in [4.69, 9.17) is 9.47 Å². The summed E-state index contributed by atoms with van der Waals surface area (Å²) >= 11 is 0. The van der Waals surface area contributed by atoms with E-state index < -0.39 is 5.82 Å². The number of likely N-dealkylation sites (N-methyl/N-ethyl adjacent to an activating group) is 1. The zero-order valence-corrected chi connectivity index (χ0v) is 9.46. The average Bonchev–Trinajstić information content (AvgIpc) is 2.29. The molecule has 0 aliphatic rings. The van der Waals surface area contributed by atoms with Gasteiger partial charge in [-0.25, -0.2) is 4.39 Å². The van der Waals surface area contributed by atoms with Gasteiger partial charge in [-0.2, -0.15) is 0 Å². The van der Waals surface area contributed by atoms with E-state index >= 15 is 0 Å². The molecular weight excluding hydrogens is 213 g/mol. The quantitative estimate of drug-likeness (QED) is 0.769.